The maximum Gasteiger partial charge on any atom is 0.172 e. The molecule has 0 spiro atoms. The van der Waals surface area contributed by atoms with E-state index in [0.29, 0.717) is 6.42 Å². The van der Waals surface area contributed by atoms with E-state index < -0.39 is 0 Å². The summed E-state index contributed by atoms with van der Waals surface area (Å²) in [5, 5.41) is 8.68. The topological polar surface area (TPSA) is 52.7 Å². The summed E-state index contributed by atoms with van der Waals surface area (Å²) < 4.78 is 3.49. The van der Waals surface area contributed by atoms with Gasteiger partial charge in [0.15, 0.2) is 5.78 Å². The largest absolute Gasteiger partial charge is 0.294 e. The SMILES string of the molecule is CCc1cc(CC(=O)c2cn(C)nc2CC)n(C)n1. The van der Waals surface area contributed by atoms with Gasteiger partial charge in [-0.2, -0.15) is 10.2 Å². The molecule has 102 valence electrons. The molecule has 2 heterocycles. The Morgan fingerprint density at radius 3 is 2.53 bits per heavy atom. The van der Waals surface area contributed by atoms with Gasteiger partial charge in [0.05, 0.1) is 23.4 Å². The first kappa shape index (κ1) is 13.5. The van der Waals surface area contributed by atoms with Crippen LogP contribution in [0.25, 0.3) is 0 Å². The number of aromatic nitrogens is 4. The second-order valence-corrected chi connectivity index (χ2v) is 4.72. The average Bonchev–Trinajstić information content (AvgIpc) is 2.93. The minimum Gasteiger partial charge on any atom is -0.294 e. The van der Waals surface area contributed by atoms with Gasteiger partial charge in [-0.25, -0.2) is 0 Å². The van der Waals surface area contributed by atoms with Crippen molar-refractivity contribution in [1.29, 1.82) is 0 Å². The van der Waals surface area contributed by atoms with Crippen LogP contribution in [0.1, 0.15) is 41.3 Å². The van der Waals surface area contributed by atoms with Crippen LogP contribution < -0.4 is 0 Å². The van der Waals surface area contributed by atoms with Crippen molar-refractivity contribution in [3.05, 3.63) is 34.9 Å². The maximum atomic E-state index is 12.4. The molecule has 0 unspecified atom stereocenters. The molecule has 5 heteroatoms. The molecule has 0 saturated heterocycles. The Balaban J connectivity index is 2.22. The normalized spacial score (nSPS) is 10.9. The van der Waals surface area contributed by atoms with Crippen molar-refractivity contribution < 1.29 is 4.79 Å². The molecule has 0 aliphatic carbocycles. The highest BCUT2D eigenvalue weighted by molar-refractivity contribution is 5.98. The number of rotatable bonds is 5. The van der Waals surface area contributed by atoms with Gasteiger partial charge < -0.3 is 0 Å². The van der Waals surface area contributed by atoms with E-state index in [-0.39, 0.29) is 5.78 Å². The molecule has 0 amide bonds. The molecule has 0 radical (unpaired) electrons. The van der Waals surface area contributed by atoms with Crippen molar-refractivity contribution in [3.63, 3.8) is 0 Å². The predicted molar refractivity (Wildman–Crippen MR) is 73.2 cm³/mol. The average molecular weight is 260 g/mol. The Labute approximate surface area is 113 Å². The first-order valence-electron chi connectivity index (χ1n) is 6.62. The minimum absolute atomic E-state index is 0.107. The number of ketones is 1. The van der Waals surface area contributed by atoms with E-state index in [1.54, 1.807) is 15.6 Å². The van der Waals surface area contributed by atoms with E-state index >= 15 is 0 Å². The second-order valence-electron chi connectivity index (χ2n) is 4.72. The van der Waals surface area contributed by atoms with Crippen molar-refractivity contribution in [1.82, 2.24) is 19.6 Å². The zero-order chi connectivity index (χ0) is 14.0. The number of hydrogen-bond donors (Lipinski definition) is 0. The fraction of sp³-hybridized carbons (Fsp3) is 0.500. The Morgan fingerprint density at radius 2 is 1.95 bits per heavy atom. The molecule has 2 aromatic rings. The van der Waals surface area contributed by atoms with Crippen LogP contribution in [0.4, 0.5) is 0 Å². The zero-order valence-electron chi connectivity index (χ0n) is 12.0. The van der Waals surface area contributed by atoms with Crippen molar-refractivity contribution >= 4 is 5.78 Å². The lowest BCUT2D eigenvalue weighted by Crippen LogP contribution is -2.09. The quantitative estimate of drug-likeness (QED) is 0.769. The number of hydrogen-bond acceptors (Lipinski definition) is 3. The summed E-state index contributed by atoms with van der Waals surface area (Å²) >= 11 is 0. The molecule has 0 saturated carbocycles. The minimum atomic E-state index is 0.107. The van der Waals surface area contributed by atoms with Crippen molar-refractivity contribution in [3.8, 4) is 0 Å². The smallest absolute Gasteiger partial charge is 0.172 e. The highest BCUT2D eigenvalue weighted by atomic mass is 16.1. The summed E-state index contributed by atoms with van der Waals surface area (Å²) in [6.45, 7) is 4.07. The van der Waals surface area contributed by atoms with Crippen LogP contribution in [0.5, 0.6) is 0 Å². The first-order valence-corrected chi connectivity index (χ1v) is 6.62. The fourth-order valence-corrected chi connectivity index (χ4v) is 2.20. The van der Waals surface area contributed by atoms with Crippen LogP contribution in [0.15, 0.2) is 12.3 Å². The van der Waals surface area contributed by atoms with Gasteiger partial charge in [0.25, 0.3) is 0 Å². The summed E-state index contributed by atoms with van der Waals surface area (Å²) in [5.74, 6) is 0.107. The Morgan fingerprint density at radius 1 is 1.21 bits per heavy atom. The van der Waals surface area contributed by atoms with Crippen LogP contribution in [-0.4, -0.2) is 25.3 Å². The second kappa shape index (κ2) is 5.38. The molecule has 0 N–H and O–H groups in total. The zero-order valence-corrected chi connectivity index (χ0v) is 12.0. The van der Waals surface area contributed by atoms with E-state index in [4.69, 9.17) is 0 Å². The highest BCUT2D eigenvalue weighted by Gasteiger charge is 2.16. The van der Waals surface area contributed by atoms with Crippen molar-refractivity contribution in [2.75, 3.05) is 0 Å². The van der Waals surface area contributed by atoms with Gasteiger partial charge in [-0.15, -0.1) is 0 Å². The summed E-state index contributed by atoms with van der Waals surface area (Å²) in [6.07, 6.45) is 3.84. The van der Waals surface area contributed by atoms with Gasteiger partial charge >= 0.3 is 0 Å². The fourth-order valence-electron chi connectivity index (χ4n) is 2.20. The van der Waals surface area contributed by atoms with Gasteiger partial charge in [0.2, 0.25) is 0 Å². The molecule has 0 atom stereocenters. The van der Waals surface area contributed by atoms with Gasteiger partial charge in [-0.3, -0.25) is 14.2 Å². The van der Waals surface area contributed by atoms with Crippen LogP contribution in [0.3, 0.4) is 0 Å². The standard InChI is InChI=1S/C14H20N4O/c1-5-10-7-11(18(4)15-10)8-14(19)12-9-17(3)16-13(12)6-2/h7,9H,5-6,8H2,1-4H3. The van der Waals surface area contributed by atoms with E-state index in [0.717, 1.165) is 35.5 Å². The third kappa shape index (κ3) is 2.75. The molecule has 2 rings (SSSR count). The predicted octanol–water partition coefficient (Wildman–Crippen LogP) is 1.70. The molecule has 0 aromatic carbocycles. The summed E-state index contributed by atoms with van der Waals surface area (Å²) in [4.78, 5) is 12.4. The van der Waals surface area contributed by atoms with Gasteiger partial charge in [0, 0.05) is 26.0 Å². The Bertz CT molecular complexity index is 595. The molecule has 5 nitrogen and oxygen atoms in total. The van der Waals surface area contributed by atoms with Crippen LogP contribution in [0.2, 0.25) is 0 Å². The third-order valence-corrected chi connectivity index (χ3v) is 3.27. The van der Waals surface area contributed by atoms with Gasteiger partial charge in [-0.05, 0) is 18.9 Å². The molecule has 0 aliphatic heterocycles. The van der Waals surface area contributed by atoms with E-state index in [9.17, 15) is 4.79 Å². The monoisotopic (exact) mass is 260 g/mol. The van der Waals surface area contributed by atoms with E-state index in [1.807, 2.05) is 27.1 Å². The van der Waals surface area contributed by atoms with Crippen LogP contribution >= 0.6 is 0 Å². The lowest BCUT2D eigenvalue weighted by Gasteiger charge is -2.01. The van der Waals surface area contributed by atoms with Gasteiger partial charge in [-0.1, -0.05) is 13.8 Å². The highest BCUT2D eigenvalue weighted by Crippen LogP contribution is 2.13. The molecule has 2 aromatic heterocycles. The molecule has 19 heavy (non-hydrogen) atoms. The summed E-state index contributed by atoms with van der Waals surface area (Å²) in [5.41, 5.74) is 3.56. The Hall–Kier alpha value is -1.91. The summed E-state index contributed by atoms with van der Waals surface area (Å²) in [7, 11) is 3.72. The molecular formula is C14H20N4O. The number of carbonyl (C=O) groups excluding carboxylic acids is 1. The number of aryl methyl sites for hydroxylation is 4. The molecule has 0 bridgehead atoms. The Kier molecular flexibility index (Phi) is 3.83. The van der Waals surface area contributed by atoms with E-state index in [2.05, 4.69) is 17.1 Å². The van der Waals surface area contributed by atoms with Crippen LogP contribution in [0, 0.1) is 0 Å². The van der Waals surface area contributed by atoms with Crippen molar-refractivity contribution in [2.45, 2.75) is 33.1 Å². The van der Waals surface area contributed by atoms with E-state index in [1.165, 1.54) is 0 Å². The number of Topliss-reactive ketones (excluding diaryl/α,β-unsaturated/α-hetero) is 1. The number of carbonyl (C=O) groups is 1. The molecular weight excluding hydrogens is 240 g/mol. The van der Waals surface area contributed by atoms with Crippen LogP contribution in [-0.2, 0) is 33.4 Å². The molecule has 0 fully saturated rings. The summed E-state index contributed by atoms with van der Waals surface area (Å²) in [6, 6.07) is 2.00. The maximum absolute atomic E-state index is 12.4. The third-order valence-electron chi connectivity index (χ3n) is 3.27. The lowest BCUT2D eigenvalue weighted by molar-refractivity contribution is 0.0990. The molecule has 0 aliphatic rings. The lowest BCUT2D eigenvalue weighted by atomic mass is 10.1. The van der Waals surface area contributed by atoms with Crippen molar-refractivity contribution in [2.24, 2.45) is 14.1 Å². The number of nitrogens with zero attached hydrogens (tertiary/aromatic N) is 4. The first-order chi connectivity index (χ1) is 9.05. The van der Waals surface area contributed by atoms with Gasteiger partial charge in [0.1, 0.15) is 0 Å².